The summed E-state index contributed by atoms with van der Waals surface area (Å²) in [6, 6.07) is 5.20. The molecule has 8 nitrogen and oxygen atoms in total. The molecule has 2 heterocycles. The van der Waals surface area contributed by atoms with E-state index in [0.29, 0.717) is 34.9 Å². The van der Waals surface area contributed by atoms with Gasteiger partial charge in [0, 0.05) is 10.9 Å². The highest BCUT2D eigenvalue weighted by Crippen LogP contribution is 2.34. The van der Waals surface area contributed by atoms with E-state index in [-0.39, 0.29) is 18.0 Å². The molecule has 1 aromatic carbocycles. The predicted octanol–water partition coefficient (Wildman–Crippen LogP) is 3.83. The first-order valence-electron chi connectivity index (χ1n) is 11.8. The van der Waals surface area contributed by atoms with Crippen LogP contribution in [0.1, 0.15) is 43.0 Å². The third-order valence-electron chi connectivity index (χ3n) is 6.40. The molecular weight excluding hydrogens is 452 g/mol. The molecule has 1 amide bonds. The Balaban J connectivity index is 1.73. The Morgan fingerprint density at radius 3 is 2.65 bits per heavy atom. The maximum Gasteiger partial charge on any atom is 0.263 e. The topological polar surface area (TPSA) is 85.7 Å². The lowest BCUT2D eigenvalue weighted by Gasteiger charge is -2.20. The molecule has 0 saturated carbocycles. The Kier molecular flexibility index (Phi) is 7.53. The van der Waals surface area contributed by atoms with E-state index in [4.69, 9.17) is 14.5 Å². The fraction of sp³-hybridized carbons (Fsp3) is 0.480. The molecule has 1 aliphatic rings. The number of thiophene rings is 1. The number of aryl methyl sites for hydroxylation is 2. The molecule has 0 saturated heterocycles. The van der Waals surface area contributed by atoms with Crippen molar-refractivity contribution in [3.8, 4) is 11.5 Å². The third-order valence-corrected chi connectivity index (χ3v) is 7.58. The van der Waals surface area contributed by atoms with Crippen molar-refractivity contribution < 1.29 is 14.3 Å². The van der Waals surface area contributed by atoms with Gasteiger partial charge in [0.05, 0.1) is 31.8 Å². The molecule has 0 atom stereocenters. The number of benzene rings is 1. The second kappa shape index (κ2) is 10.6. The van der Waals surface area contributed by atoms with E-state index >= 15 is 0 Å². The van der Waals surface area contributed by atoms with E-state index in [1.807, 2.05) is 0 Å². The Morgan fingerprint density at radius 2 is 1.94 bits per heavy atom. The Labute approximate surface area is 203 Å². The highest BCUT2D eigenvalue weighted by Gasteiger charge is 2.23. The maximum atomic E-state index is 13.7. The number of amides is 1. The van der Waals surface area contributed by atoms with Crippen LogP contribution >= 0.6 is 11.3 Å². The predicted molar refractivity (Wildman–Crippen MR) is 135 cm³/mol. The van der Waals surface area contributed by atoms with Gasteiger partial charge in [0.15, 0.2) is 0 Å². The lowest BCUT2D eigenvalue weighted by Crippen LogP contribution is -2.34. The largest absolute Gasteiger partial charge is 0.497 e. The quantitative estimate of drug-likeness (QED) is 0.497. The van der Waals surface area contributed by atoms with Gasteiger partial charge in [0.2, 0.25) is 5.91 Å². The molecule has 1 aliphatic carbocycles. The molecule has 1 N–H and O–H groups in total. The normalized spacial score (nSPS) is 13.2. The number of methoxy groups -OCH3 is 2. The summed E-state index contributed by atoms with van der Waals surface area (Å²) in [5.74, 6) is 1.42. The fourth-order valence-corrected chi connectivity index (χ4v) is 5.73. The Morgan fingerprint density at radius 1 is 1.18 bits per heavy atom. The first-order valence-corrected chi connectivity index (χ1v) is 12.6. The summed E-state index contributed by atoms with van der Waals surface area (Å²) < 4.78 is 12.2. The summed E-state index contributed by atoms with van der Waals surface area (Å²) in [4.78, 5) is 36.0. The van der Waals surface area contributed by atoms with Crippen LogP contribution in [0.4, 0.5) is 5.69 Å². The second-order valence-corrected chi connectivity index (χ2v) is 9.47. The number of fused-ring (bicyclic) bond motifs is 3. The van der Waals surface area contributed by atoms with Crippen LogP contribution in [-0.2, 0) is 30.7 Å². The molecule has 34 heavy (non-hydrogen) atoms. The fourth-order valence-electron chi connectivity index (χ4n) is 4.46. The Hall–Kier alpha value is -2.91. The van der Waals surface area contributed by atoms with Gasteiger partial charge in [-0.25, -0.2) is 4.98 Å². The minimum atomic E-state index is -0.320. The highest BCUT2D eigenvalue weighted by atomic mass is 32.1. The van der Waals surface area contributed by atoms with E-state index in [0.717, 1.165) is 49.2 Å². The number of nitrogens with one attached hydrogen (secondary N) is 1. The third kappa shape index (κ3) is 4.81. The van der Waals surface area contributed by atoms with Crippen LogP contribution in [0.3, 0.4) is 0 Å². The molecule has 0 bridgehead atoms. The van der Waals surface area contributed by atoms with Gasteiger partial charge in [0.25, 0.3) is 5.56 Å². The second-order valence-electron chi connectivity index (χ2n) is 8.39. The number of hydrogen-bond donors (Lipinski definition) is 1. The summed E-state index contributed by atoms with van der Waals surface area (Å²) >= 11 is 1.64. The van der Waals surface area contributed by atoms with Crippen molar-refractivity contribution in [2.45, 2.75) is 52.6 Å². The van der Waals surface area contributed by atoms with Crippen LogP contribution in [0.2, 0.25) is 0 Å². The average molecular weight is 485 g/mol. The molecule has 0 spiro atoms. The zero-order valence-corrected chi connectivity index (χ0v) is 21.1. The van der Waals surface area contributed by atoms with Gasteiger partial charge in [-0.2, -0.15) is 0 Å². The zero-order valence-electron chi connectivity index (χ0n) is 20.3. The Bertz CT molecular complexity index is 1250. The van der Waals surface area contributed by atoms with Gasteiger partial charge < -0.3 is 14.8 Å². The number of hydrogen-bond acceptors (Lipinski definition) is 7. The summed E-state index contributed by atoms with van der Waals surface area (Å²) in [5, 5.41) is 3.57. The molecule has 9 heteroatoms. The monoisotopic (exact) mass is 484 g/mol. The molecule has 0 aliphatic heterocycles. The molecule has 0 unspecified atom stereocenters. The smallest absolute Gasteiger partial charge is 0.263 e. The van der Waals surface area contributed by atoms with E-state index < -0.39 is 0 Å². The van der Waals surface area contributed by atoms with Crippen molar-refractivity contribution in [2.24, 2.45) is 0 Å². The summed E-state index contributed by atoms with van der Waals surface area (Å²) in [6.45, 7) is 6.21. The summed E-state index contributed by atoms with van der Waals surface area (Å²) in [7, 11) is 3.11. The molecule has 2 aromatic heterocycles. The van der Waals surface area contributed by atoms with Crippen LogP contribution in [-0.4, -0.2) is 47.7 Å². The van der Waals surface area contributed by atoms with Crippen LogP contribution in [0.25, 0.3) is 10.2 Å². The minimum Gasteiger partial charge on any atom is -0.497 e. The molecule has 0 radical (unpaired) electrons. The van der Waals surface area contributed by atoms with Crippen molar-refractivity contribution in [3.63, 3.8) is 0 Å². The van der Waals surface area contributed by atoms with E-state index in [1.165, 1.54) is 4.88 Å². The molecule has 0 fully saturated rings. The number of nitrogens with zero attached hydrogens (tertiary/aromatic N) is 3. The molecule has 4 rings (SSSR count). The minimum absolute atomic E-state index is 0.122. The van der Waals surface area contributed by atoms with Crippen LogP contribution < -0.4 is 20.3 Å². The van der Waals surface area contributed by atoms with Gasteiger partial charge >= 0.3 is 0 Å². The summed E-state index contributed by atoms with van der Waals surface area (Å²) in [5.41, 5.74) is 1.49. The van der Waals surface area contributed by atoms with Crippen molar-refractivity contribution in [1.82, 2.24) is 14.5 Å². The average Bonchev–Trinajstić information content (AvgIpc) is 3.23. The number of ether oxygens (including phenoxy) is 2. The molecule has 182 valence electrons. The van der Waals surface area contributed by atoms with Crippen molar-refractivity contribution in [2.75, 3.05) is 32.6 Å². The first-order chi connectivity index (χ1) is 16.5. The number of rotatable bonds is 9. The van der Waals surface area contributed by atoms with Crippen LogP contribution in [0.15, 0.2) is 23.0 Å². The van der Waals surface area contributed by atoms with Gasteiger partial charge in [-0.1, -0.05) is 13.8 Å². The zero-order chi connectivity index (χ0) is 24.2. The van der Waals surface area contributed by atoms with Crippen molar-refractivity contribution in [1.29, 1.82) is 0 Å². The van der Waals surface area contributed by atoms with Crippen molar-refractivity contribution >= 4 is 33.1 Å². The van der Waals surface area contributed by atoms with Crippen molar-refractivity contribution in [3.05, 3.63) is 44.8 Å². The van der Waals surface area contributed by atoms with E-state index in [1.54, 1.807) is 48.3 Å². The SMILES string of the molecule is CCN(CC)Cc1nc2sc3c(c2c(=O)n1CC(=O)Nc1cc(OC)ccc1OC)CCCC3. The van der Waals surface area contributed by atoms with Gasteiger partial charge in [0.1, 0.15) is 28.7 Å². The van der Waals surface area contributed by atoms with E-state index in [2.05, 4.69) is 24.1 Å². The first kappa shape index (κ1) is 24.2. The van der Waals surface area contributed by atoms with Crippen LogP contribution in [0, 0.1) is 0 Å². The molecule has 3 aromatic rings. The summed E-state index contributed by atoms with van der Waals surface area (Å²) in [6.07, 6.45) is 4.12. The van der Waals surface area contributed by atoms with E-state index in [9.17, 15) is 9.59 Å². The lowest BCUT2D eigenvalue weighted by molar-refractivity contribution is -0.116. The number of carbonyl (C=O) groups excluding carboxylic acids is 1. The lowest BCUT2D eigenvalue weighted by atomic mass is 9.97. The van der Waals surface area contributed by atoms with Gasteiger partial charge in [-0.15, -0.1) is 11.3 Å². The number of carbonyl (C=O) groups is 1. The number of anilines is 1. The van der Waals surface area contributed by atoms with Gasteiger partial charge in [-0.05, 0) is 56.5 Å². The van der Waals surface area contributed by atoms with Crippen LogP contribution in [0.5, 0.6) is 11.5 Å². The highest BCUT2D eigenvalue weighted by molar-refractivity contribution is 7.18. The number of aromatic nitrogens is 2. The standard InChI is InChI=1S/C25H32N4O4S/c1-5-28(6-2)14-21-27-24-23(17-9-7-8-10-20(17)34-24)25(31)29(21)15-22(30)26-18-13-16(32-3)11-12-19(18)33-4/h11-13H,5-10,14-15H2,1-4H3,(H,26,30). The maximum absolute atomic E-state index is 13.7. The molecular formula is C25H32N4O4S. The van der Waals surface area contributed by atoms with Gasteiger partial charge in [-0.3, -0.25) is 19.1 Å².